The van der Waals surface area contributed by atoms with Crippen LogP contribution in [0.3, 0.4) is 0 Å². The van der Waals surface area contributed by atoms with Gasteiger partial charge in [0.05, 0.1) is 12.0 Å². The highest BCUT2D eigenvalue weighted by Gasteiger charge is 2.62. The normalized spacial score (nSPS) is 26.6. The second-order valence-electron chi connectivity index (χ2n) is 6.23. The summed E-state index contributed by atoms with van der Waals surface area (Å²) < 4.78 is 10.4. The largest absolute Gasteiger partial charge is 0.465 e. The Morgan fingerprint density at radius 2 is 1.78 bits per heavy atom. The van der Waals surface area contributed by atoms with E-state index in [1.54, 1.807) is 45.0 Å². The summed E-state index contributed by atoms with van der Waals surface area (Å²) in [7, 11) is 0. The third kappa shape index (κ3) is 2.74. The Bertz CT molecular complexity index is 649. The molecule has 0 aromatic heterocycles. The first-order chi connectivity index (χ1) is 10.7. The lowest BCUT2D eigenvalue weighted by Gasteiger charge is -2.43. The Morgan fingerprint density at radius 3 is 2.30 bits per heavy atom. The minimum Gasteiger partial charge on any atom is -0.465 e. The average molecular weight is 339 g/mol. The van der Waals surface area contributed by atoms with Gasteiger partial charge in [-0.15, -0.1) is 0 Å². The van der Waals surface area contributed by atoms with Gasteiger partial charge < -0.3 is 9.47 Å². The van der Waals surface area contributed by atoms with E-state index >= 15 is 0 Å². The van der Waals surface area contributed by atoms with Crippen LogP contribution in [0.25, 0.3) is 0 Å². The van der Waals surface area contributed by atoms with Crippen molar-refractivity contribution in [2.75, 3.05) is 6.61 Å². The van der Waals surface area contributed by atoms with E-state index in [1.165, 1.54) is 6.92 Å². The van der Waals surface area contributed by atoms with E-state index < -0.39 is 34.7 Å². The third-order valence-electron chi connectivity index (χ3n) is 4.18. The number of ketones is 1. The zero-order valence-electron chi connectivity index (χ0n) is 13.5. The SMILES string of the molecule is CCOC(=O)[C@@]1(C)C(=O)O[C@@H](c2ccc(Cl)cc2)C(C)(C)C1=O. The van der Waals surface area contributed by atoms with Crippen LogP contribution in [0.15, 0.2) is 24.3 Å². The van der Waals surface area contributed by atoms with Crippen molar-refractivity contribution in [1.82, 2.24) is 0 Å². The van der Waals surface area contributed by atoms with Crippen molar-refractivity contribution < 1.29 is 23.9 Å². The summed E-state index contributed by atoms with van der Waals surface area (Å²) in [6, 6.07) is 6.71. The fourth-order valence-electron chi connectivity index (χ4n) is 2.80. The first-order valence-corrected chi connectivity index (χ1v) is 7.72. The quantitative estimate of drug-likeness (QED) is 0.625. The van der Waals surface area contributed by atoms with Crippen LogP contribution < -0.4 is 0 Å². The highest BCUT2D eigenvalue weighted by atomic mass is 35.5. The van der Waals surface area contributed by atoms with Crippen molar-refractivity contribution in [2.45, 2.75) is 33.8 Å². The molecule has 0 bridgehead atoms. The molecule has 1 aliphatic rings. The van der Waals surface area contributed by atoms with Crippen molar-refractivity contribution in [3.63, 3.8) is 0 Å². The Kier molecular flexibility index (Phi) is 4.53. The van der Waals surface area contributed by atoms with Crippen LogP contribution in [0.2, 0.25) is 5.02 Å². The summed E-state index contributed by atoms with van der Waals surface area (Å²) in [5.41, 5.74) is -2.38. The number of carbonyl (C=O) groups is 3. The molecule has 1 saturated heterocycles. The number of cyclic esters (lactones) is 1. The second-order valence-corrected chi connectivity index (χ2v) is 6.67. The van der Waals surface area contributed by atoms with Crippen molar-refractivity contribution >= 4 is 29.3 Å². The molecule has 23 heavy (non-hydrogen) atoms. The molecule has 1 fully saturated rings. The molecule has 0 saturated carbocycles. The van der Waals surface area contributed by atoms with Gasteiger partial charge >= 0.3 is 11.9 Å². The molecule has 1 aromatic rings. The predicted molar refractivity (Wildman–Crippen MR) is 83.8 cm³/mol. The molecular weight excluding hydrogens is 320 g/mol. The van der Waals surface area contributed by atoms with E-state index in [4.69, 9.17) is 21.1 Å². The molecule has 6 heteroatoms. The molecule has 0 amide bonds. The maximum absolute atomic E-state index is 12.9. The van der Waals surface area contributed by atoms with Gasteiger partial charge in [0, 0.05) is 5.02 Å². The predicted octanol–water partition coefficient (Wildman–Crippen LogP) is 3.10. The summed E-state index contributed by atoms with van der Waals surface area (Å²) in [4.78, 5) is 37.5. The van der Waals surface area contributed by atoms with Crippen LogP contribution in [0.5, 0.6) is 0 Å². The third-order valence-corrected chi connectivity index (χ3v) is 4.44. The molecule has 1 heterocycles. The van der Waals surface area contributed by atoms with Crippen LogP contribution >= 0.6 is 11.6 Å². The molecule has 2 atom stereocenters. The average Bonchev–Trinajstić information content (AvgIpc) is 2.50. The highest BCUT2D eigenvalue weighted by molar-refractivity contribution is 6.30. The lowest BCUT2D eigenvalue weighted by atomic mass is 9.66. The summed E-state index contributed by atoms with van der Waals surface area (Å²) in [5, 5.41) is 0.538. The number of esters is 2. The monoisotopic (exact) mass is 338 g/mol. The van der Waals surface area contributed by atoms with Crippen LogP contribution in [-0.2, 0) is 23.9 Å². The zero-order chi connectivity index (χ0) is 17.4. The van der Waals surface area contributed by atoms with Gasteiger partial charge in [-0.3, -0.25) is 14.4 Å². The fourth-order valence-corrected chi connectivity index (χ4v) is 2.93. The Hall–Kier alpha value is -1.88. The minimum atomic E-state index is -1.94. The summed E-state index contributed by atoms with van der Waals surface area (Å²) in [6.45, 7) is 6.25. The van der Waals surface area contributed by atoms with Gasteiger partial charge in [-0.2, -0.15) is 0 Å². The lowest BCUT2D eigenvalue weighted by Crippen LogP contribution is -2.57. The van der Waals surface area contributed by atoms with E-state index in [2.05, 4.69) is 0 Å². The summed E-state index contributed by atoms with van der Waals surface area (Å²) in [5.74, 6) is -2.28. The van der Waals surface area contributed by atoms with E-state index in [1.807, 2.05) is 0 Å². The Morgan fingerprint density at radius 1 is 1.22 bits per heavy atom. The number of Topliss-reactive ketones (excluding diaryl/α,β-unsaturated/α-hetero) is 1. The fraction of sp³-hybridized carbons (Fsp3) is 0.471. The van der Waals surface area contributed by atoms with Gasteiger partial charge in [-0.1, -0.05) is 23.7 Å². The lowest BCUT2D eigenvalue weighted by molar-refractivity contribution is -0.195. The standard InChI is InChI=1S/C17H19ClO5/c1-5-22-14(20)17(4)13(19)16(2,3)12(23-15(17)21)10-6-8-11(18)9-7-10/h6-9,12H,5H2,1-4H3/t12-,17-/m0/s1. The second kappa shape index (κ2) is 5.96. The van der Waals surface area contributed by atoms with E-state index in [-0.39, 0.29) is 6.61 Å². The Balaban J connectivity index is 2.44. The summed E-state index contributed by atoms with van der Waals surface area (Å²) >= 11 is 5.86. The molecule has 2 rings (SSSR count). The van der Waals surface area contributed by atoms with E-state index in [0.29, 0.717) is 10.6 Å². The smallest absolute Gasteiger partial charge is 0.331 e. The number of hydrogen-bond donors (Lipinski definition) is 0. The first-order valence-electron chi connectivity index (χ1n) is 7.34. The van der Waals surface area contributed by atoms with Gasteiger partial charge in [0.15, 0.2) is 5.78 Å². The van der Waals surface area contributed by atoms with Crippen LogP contribution in [0.1, 0.15) is 39.4 Å². The highest BCUT2D eigenvalue weighted by Crippen LogP contribution is 2.48. The van der Waals surface area contributed by atoms with Crippen molar-refractivity contribution in [2.24, 2.45) is 10.8 Å². The van der Waals surface area contributed by atoms with Crippen LogP contribution in [-0.4, -0.2) is 24.3 Å². The van der Waals surface area contributed by atoms with Gasteiger partial charge in [0.2, 0.25) is 5.41 Å². The molecule has 1 aromatic carbocycles. The molecule has 0 unspecified atom stereocenters. The maximum atomic E-state index is 12.9. The number of ether oxygens (including phenoxy) is 2. The van der Waals surface area contributed by atoms with E-state index in [9.17, 15) is 14.4 Å². The number of rotatable bonds is 3. The topological polar surface area (TPSA) is 69.7 Å². The minimum absolute atomic E-state index is 0.0794. The van der Waals surface area contributed by atoms with Crippen molar-refractivity contribution in [3.05, 3.63) is 34.9 Å². The van der Waals surface area contributed by atoms with Crippen molar-refractivity contribution in [3.8, 4) is 0 Å². The molecule has 0 spiro atoms. The van der Waals surface area contributed by atoms with Gasteiger partial charge in [0.25, 0.3) is 0 Å². The molecule has 5 nitrogen and oxygen atoms in total. The van der Waals surface area contributed by atoms with Crippen LogP contribution in [0, 0.1) is 10.8 Å². The van der Waals surface area contributed by atoms with Crippen LogP contribution in [0.4, 0.5) is 0 Å². The summed E-state index contributed by atoms with van der Waals surface area (Å²) in [6.07, 6.45) is -0.790. The molecule has 1 aliphatic heterocycles. The number of hydrogen-bond acceptors (Lipinski definition) is 5. The molecule has 0 radical (unpaired) electrons. The first kappa shape index (κ1) is 17.5. The molecule has 0 aliphatic carbocycles. The van der Waals surface area contributed by atoms with Gasteiger partial charge in [-0.05, 0) is 45.4 Å². The zero-order valence-corrected chi connectivity index (χ0v) is 14.3. The van der Waals surface area contributed by atoms with Gasteiger partial charge in [-0.25, -0.2) is 0 Å². The number of carbonyl (C=O) groups excluding carboxylic acids is 3. The van der Waals surface area contributed by atoms with Gasteiger partial charge in [0.1, 0.15) is 6.10 Å². The molecule has 0 N–H and O–H groups in total. The van der Waals surface area contributed by atoms with E-state index in [0.717, 1.165) is 0 Å². The Labute approximate surface area is 139 Å². The van der Waals surface area contributed by atoms with Crippen molar-refractivity contribution in [1.29, 1.82) is 0 Å². The molecule has 124 valence electrons. The molecular formula is C17H19ClO5. The number of halogens is 1. The number of benzene rings is 1. The maximum Gasteiger partial charge on any atom is 0.331 e.